The maximum Gasteiger partial charge on any atom is 0.243 e. The standard InChI is InChI=1S/C16H23NO4S/c1-12-6-7-13(2)15(11-12)22(18,19)17-8-4-3-5-14(17)16-20-9-10-21-16/h6-7,11,14,16H,3-5,8-10H2,1-2H3/t14-/m1/s1. The van der Waals surface area contributed by atoms with Crippen molar-refractivity contribution in [2.75, 3.05) is 19.8 Å². The minimum absolute atomic E-state index is 0.221. The summed E-state index contributed by atoms with van der Waals surface area (Å²) in [6, 6.07) is 5.34. The molecule has 1 aromatic rings. The van der Waals surface area contributed by atoms with Crippen LogP contribution < -0.4 is 0 Å². The number of sulfonamides is 1. The summed E-state index contributed by atoms with van der Waals surface area (Å²) in [6.45, 7) is 5.36. The van der Waals surface area contributed by atoms with Crippen molar-refractivity contribution in [2.24, 2.45) is 0 Å². The van der Waals surface area contributed by atoms with Crippen molar-refractivity contribution >= 4 is 10.0 Å². The van der Waals surface area contributed by atoms with E-state index in [4.69, 9.17) is 9.47 Å². The molecule has 0 aliphatic carbocycles. The van der Waals surface area contributed by atoms with E-state index >= 15 is 0 Å². The molecule has 0 amide bonds. The molecule has 0 aromatic heterocycles. The highest BCUT2D eigenvalue weighted by molar-refractivity contribution is 7.89. The Morgan fingerprint density at radius 2 is 1.86 bits per heavy atom. The van der Waals surface area contributed by atoms with E-state index in [1.54, 1.807) is 10.4 Å². The van der Waals surface area contributed by atoms with E-state index in [1.165, 1.54) is 0 Å². The number of aryl methyl sites for hydroxylation is 2. The molecule has 22 heavy (non-hydrogen) atoms. The van der Waals surface area contributed by atoms with Crippen LogP contribution in [-0.2, 0) is 19.5 Å². The van der Waals surface area contributed by atoms with Crippen LogP contribution in [0.2, 0.25) is 0 Å². The Bertz CT molecular complexity index is 638. The molecule has 0 saturated carbocycles. The molecule has 1 atom stereocenters. The molecule has 2 aliphatic rings. The van der Waals surface area contributed by atoms with Gasteiger partial charge in [0.1, 0.15) is 0 Å². The predicted octanol–water partition coefficient (Wildman–Crippen LogP) is 2.22. The number of piperidine rings is 1. The molecule has 0 spiro atoms. The Hall–Kier alpha value is -0.950. The number of ether oxygens (including phenoxy) is 2. The molecule has 2 aliphatic heterocycles. The molecular formula is C16H23NO4S. The summed E-state index contributed by atoms with van der Waals surface area (Å²) in [7, 11) is -3.53. The van der Waals surface area contributed by atoms with Crippen molar-refractivity contribution < 1.29 is 17.9 Å². The molecule has 2 fully saturated rings. The molecule has 5 nitrogen and oxygen atoms in total. The third-order valence-corrected chi connectivity index (χ3v) is 6.46. The SMILES string of the molecule is Cc1ccc(C)c(S(=O)(=O)N2CCCC[C@@H]2C2OCCO2)c1. The van der Waals surface area contributed by atoms with E-state index in [2.05, 4.69) is 0 Å². The Labute approximate surface area is 132 Å². The second-order valence-electron chi connectivity index (χ2n) is 6.06. The lowest BCUT2D eigenvalue weighted by Crippen LogP contribution is -2.50. The van der Waals surface area contributed by atoms with Crippen LogP contribution >= 0.6 is 0 Å². The zero-order chi connectivity index (χ0) is 15.7. The predicted molar refractivity (Wildman–Crippen MR) is 83.1 cm³/mol. The monoisotopic (exact) mass is 325 g/mol. The second-order valence-corrected chi connectivity index (χ2v) is 7.92. The van der Waals surface area contributed by atoms with Crippen molar-refractivity contribution in [3.63, 3.8) is 0 Å². The molecule has 0 radical (unpaired) electrons. The largest absolute Gasteiger partial charge is 0.349 e. The van der Waals surface area contributed by atoms with Crippen LogP contribution in [0, 0.1) is 13.8 Å². The van der Waals surface area contributed by atoms with Crippen LogP contribution in [0.1, 0.15) is 30.4 Å². The maximum atomic E-state index is 13.1. The van der Waals surface area contributed by atoms with Gasteiger partial charge in [-0.2, -0.15) is 4.31 Å². The highest BCUT2D eigenvalue weighted by Gasteiger charge is 2.40. The van der Waals surface area contributed by atoms with Crippen molar-refractivity contribution in [1.29, 1.82) is 0 Å². The summed E-state index contributed by atoms with van der Waals surface area (Å²) in [5.41, 5.74) is 1.73. The minimum atomic E-state index is -3.53. The van der Waals surface area contributed by atoms with Gasteiger partial charge in [-0.25, -0.2) is 8.42 Å². The lowest BCUT2D eigenvalue weighted by atomic mass is 10.0. The van der Waals surface area contributed by atoms with Crippen molar-refractivity contribution in [1.82, 2.24) is 4.31 Å². The fourth-order valence-corrected chi connectivity index (χ4v) is 5.20. The van der Waals surface area contributed by atoms with Gasteiger partial charge in [0.05, 0.1) is 24.2 Å². The summed E-state index contributed by atoms with van der Waals surface area (Å²) in [5, 5.41) is 0. The van der Waals surface area contributed by atoms with Gasteiger partial charge in [0.25, 0.3) is 0 Å². The number of nitrogens with zero attached hydrogens (tertiary/aromatic N) is 1. The van der Waals surface area contributed by atoms with Crippen molar-refractivity contribution in [3.05, 3.63) is 29.3 Å². The van der Waals surface area contributed by atoms with E-state index in [0.717, 1.165) is 30.4 Å². The van der Waals surface area contributed by atoms with Crippen LogP contribution in [0.5, 0.6) is 0 Å². The number of hydrogen-bond acceptors (Lipinski definition) is 4. The highest BCUT2D eigenvalue weighted by atomic mass is 32.2. The number of rotatable bonds is 3. The van der Waals surface area contributed by atoms with Gasteiger partial charge in [0.2, 0.25) is 10.0 Å². The van der Waals surface area contributed by atoms with Crippen molar-refractivity contribution in [3.8, 4) is 0 Å². The van der Waals surface area contributed by atoms with E-state index in [0.29, 0.717) is 24.7 Å². The molecular weight excluding hydrogens is 302 g/mol. The van der Waals surface area contributed by atoms with Crippen LogP contribution in [0.3, 0.4) is 0 Å². The van der Waals surface area contributed by atoms with E-state index in [-0.39, 0.29) is 6.04 Å². The first-order valence-corrected chi connectivity index (χ1v) is 9.26. The molecule has 2 saturated heterocycles. The van der Waals surface area contributed by atoms with Gasteiger partial charge < -0.3 is 9.47 Å². The molecule has 0 N–H and O–H groups in total. The Balaban J connectivity index is 1.96. The van der Waals surface area contributed by atoms with Crippen molar-refractivity contribution in [2.45, 2.75) is 50.3 Å². The van der Waals surface area contributed by atoms with Crippen LogP contribution in [0.4, 0.5) is 0 Å². The first kappa shape index (κ1) is 15.9. The fraction of sp³-hybridized carbons (Fsp3) is 0.625. The molecule has 2 heterocycles. The zero-order valence-electron chi connectivity index (χ0n) is 13.1. The Morgan fingerprint density at radius 1 is 1.14 bits per heavy atom. The summed E-state index contributed by atoms with van der Waals surface area (Å²) in [6.07, 6.45) is 2.24. The average Bonchev–Trinajstić information content (AvgIpc) is 3.04. The molecule has 6 heteroatoms. The fourth-order valence-electron chi connectivity index (χ4n) is 3.21. The lowest BCUT2D eigenvalue weighted by molar-refractivity contribution is -0.0913. The average molecular weight is 325 g/mol. The third kappa shape index (κ3) is 2.93. The lowest BCUT2D eigenvalue weighted by Gasteiger charge is -2.37. The maximum absolute atomic E-state index is 13.1. The van der Waals surface area contributed by atoms with Gasteiger partial charge in [-0.3, -0.25) is 0 Å². The summed E-state index contributed by atoms with van der Waals surface area (Å²) in [4.78, 5) is 0.400. The summed E-state index contributed by atoms with van der Waals surface area (Å²) in [5.74, 6) is 0. The van der Waals surface area contributed by atoms with Gasteiger partial charge in [0.15, 0.2) is 6.29 Å². The minimum Gasteiger partial charge on any atom is -0.349 e. The molecule has 122 valence electrons. The molecule has 1 aromatic carbocycles. The number of benzene rings is 1. The quantitative estimate of drug-likeness (QED) is 0.855. The van der Waals surface area contributed by atoms with Gasteiger partial charge in [0, 0.05) is 6.54 Å². The summed E-state index contributed by atoms with van der Waals surface area (Å²) < 4.78 is 39.0. The van der Waals surface area contributed by atoms with Gasteiger partial charge in [-0.15, -0.1) is 0 Å². The van der Waals surface area contributed by atoms with Gasteiger partial charge in [-0.1, -0.05) is 18.6 Å². The van der Waals surface area contributed by atoms with Crippen LogP contribution in [0.25, 0.3) is 0 Å². The highest BCUT2D eigenvalue weighted by Crippen LogP contribution is 2.31. The van der Waals surface area contributed by atoms with E-state index < -0.39 is 16.3 Å². The zero-order valence-corrected chi connectivity index (χ0v) is 13.9. The Kier molecular flexibility index (Phi) is 4.54. The normalized spacial score (nSPS) is 24.7. The first-order valence-electron chi connectivity index (χ1n) is 7.82. The van der Waals surface area contributed by atoms with Crippen LogP contribution in [0.15, 0.2) is 23.1 Å². The van der Waals surface area contributed by atoms with Crippen LogP contribution in [-0.4, -0.2) is 44.8 Å². The van der Waals surface area contributed by atoms with Gasteiger partial charge >= 0.3 is 0 Å². The van der Waals surface area contributed by atoms with Gasteiger partial charge in [-0.05, 0) is 43.9 Å². The second kappa shape index (κ2) is 6.28. The first-order chi connectivity index (χ1) is 10.5. The molecule has 3 rings (SSSR count). The van der Waals surface area contributed by atoms with E-state index in [1.807, 2.05) is 26.0 Å². The molecule has 0 unspecified atom stereocenters. The number of hydrogen-bond donors (Lipinski definition) is 0. The Morgan fingerprint density at radius 3 is 2.59 bits per heavy atom. The third-order valence-electron chi connectivity index (χ3n) is 4.39. The smallest absolute Gasteiger partial charge is 0.243 e. The molecule has 0 bridgehead atoms. The topological polar surface area (TPSA) is 55.8 Å². The summed E-state index contributed by atoms with van der Waals surface area (Å²) >= 11 is 0. The van der Waals surface area contributed by atoms with E-state index in [9.17, 15) is 8.42 Å².